The monoisotopic (exact) mass is 243 g/mol. The largest absolute Gasteiger partial charge is 0.382 e. The molecule has 1 aromatic rings. The standard InChI is InChI=1S/C12H15ClFNO/c1-8-2-4-10(16-8)7-15-9-3-5-11(13)12(14)6-9/h3,5-6,8,10,15H,2,4,7H2,1H3. The molecule has 4 heteroatoms. The van der Waals surface area contributed by atoms with Gasteiger partial charge in [-0.3, -0.25) is 0 Å². The van der Waals surface area contributed by atoms with Crippen molar-refractivity contribution in [3.63, 3.8) is 0 Å². The molecule has 0 saturated carbocycles. The van der Waals surface area contributed by atoms with Gasteiger partial charge in [-0.2, -0.15) is 0 Å². The van der Waals surface area contributed by atoms with E-state index < -0.39 is 5.82 Å². The van der Waals surface area contributed by atoms with Crippen molar-refractivity contribution in [2.24, 2.45) is 0 Å². The maximum atomic E-state index is 13.1. The number of anilines is 1. The van der Waals surface area contributed by atoms with E-state index in [1.54, 1.807) is 12.1 Å². The number of nitrogens with one attached hydrogen (secondary N) is 1. The third kappa shape index (κ3) is 2.86. The SMILES string of the molecule is CC1CCC(CNc2ccc(Cl)c(F)c2)O1. The second kappa shape index (κ2) is 5.02. The van der Waals surface area contributed by atoms with Gasteiger partial charge in [0, 0.05) is 12.2 Å². The Labute approximate surface area is 99.7 Å². The van der Waals surface area contributed by atoms with Crippen molar-refractivity contribution in [3.05, 3.63) is 29.0 Å². The minimum Gasteiger partial charge on any atom is -0.382 e. The highest BCUT2D eigenvalue weighted by molar-refractivity contribution is 6.30. The van der Waals surface area contributed by atoms with E-state index in [-0.39, 0.29) is 11.1 Å². The molecule has 1 aliphatic heterocycles. The highest BCUT2D eigenvalue weighted by Gasteiger charge is 2.21. The molecule has 1 saturated heterocycles. The summed E-state index contributed by atoms with van der Waals surface area (Å²) in [4.78, 5) is 0. The van der Waals surface area contributed by atoms with Crippen molar-refractivity contribution < 1.29 is 9.13 Å². The number of hydrogen-bond acceptors (Lipinski definition) is 2. The fourth-order valence-corrected chi connectivity index (χ4v) is 1.99. The molecule has 0 bridgehead atoms. The highest BCUT2D eigenvalue weighted by Crippen LogP contribution is 2.21. The lowest BCUT2D eigenvalue weighted by Crippen LogP contribution is -2.19. The van der Waals surface area contributed by atoms with E-state index in [1.807, 2.05) is 0 Å². The van der Waals surface area contributed by atoms with Crippen LogP contribution in [0.1, 0.15) is 19.8 Å². The second-order valence-electron chi connectivity index (χ2n) is 4.16. The molecule has 1 fully saturated rings. The Hall–Kier alpha value is -0.800. The van der Waals surface area contributed by atoms with Crippen molar-refractivity contribution in [1.82, 2.24) is 0 Å². The van der Waals surface area contributed by atoms with Gasteiger partial charge in [0.05, 0.1) is 17.2 Å². The Kier molecular flexibility index (Phi) is 3.66. The predicted molar refractivity (Wildman–Crippen MR) is 63.5 cm³/mol. The summed E-state index contributed by atoms with van der Waals surface area (Å²) in [6.45, 7) is 2.79. The van der Waals surface area contributed by atoms with Crippen molar-refractivity contribution in [1.29, 1.82) is 0 Å². The third-order valence-electron chi connectivity index (χ3n) is 2.77. The molecule has 2 nitrogen and oxygen atoms in total. The Balaban J connectivity index is 1.87. The molecular weight excluding hydrogens is 229 g/mol. The van der Waals surface area contributed by atoms with Gasteiger partial charge < -0.3 is 10.1 Å². The fraction of sp³-hybridized carbons (Fsp3) is 0.500. The first kappa shape index (κ1) is 11.7. The summed E-state index contributed by atoms with van der Waals surface area (Å²) in [5.74, 6) is -0.396. The molecule has 1 heterocycles. The van der Waals surface area contributed by atoms with Crippen LogP contribution in [0.2, 0.25) is 5.02 Å². The summed E-state index contributed by atoms with van der Waals surface area (Å²) in [6, 6.07) is 4.72. The molecule has 2 atom stereocenters. The van der Waals surface area contributed by atoms with Crippen molar-refractivity contribution in [2.75, 3.05) is 11.9 Å². The smallest absolute Gasteiger partial charge is 0.143 e. The van der Waals surface area contributed by atoms with Crippen molar-refractivity contribution in [2.45, 2.75) is 32.0 Å². The lowest BCUT2D eigenvalue weighted by Gasteiger charge is -2.13. The topological polar surface area (TPSA) is 21.3 Å². The van der Waals surface area contributed by atoms with E-state index in [1.165, 1.54) is 6.07 Å². The Bertz CT molecular complexity index is 372. The van der Waals surface area contributed by atoms with Crippen LogP contribution < -0.4 is 5.32 Å². The molecule has 88 valence electrons. The third-order valence-corrected chi connectivity index (χ3v) is 3.08. The van der Waals surface area contributed by atoms with Crippen LogP contribution in [-0.4, -0.2) is 18.8 Å². The molecule has 2 rings (SSSR count). The molecule has 1 aliphatic rings. The lowest BCUT2D eigenvalue weighted by atomic mass is 10.2. The van der Waals surface area contributed by atoms with Gasteiger partial charge in [-0.15, -0.1) is 0 Å². The van der Waals surface area contributed by atoms with E-state index in [0.717, 1.165) is 18.5 Å². The number of ether oxygens (including phenoxy) is 1. The molecule has 1 aromatic carbocycles. The zero-order valence-electron chi connectivity index (χ0n) is 9.17. The molecule has 2 unspecified atom stereocenters. The summed E-state index contributed by atoms with van der Waals surface area (Å²) < 4.78 is 18.8. The Morgan fingerprint density at radius 2 is 2.31 bits per heavy atom. The van der Waals surface area contributed by atoms with E-state index in [0.29, 0.717) is 12.6 Å². The first-order chi connectivity index (χ1) is 7.65. The molecule has 0 aliphatic carbocycles. The van der Waals surface area contributed by atoms with Gasteiger partial charge in [-0.05, 0) is 38.0 Å². The van der Waals surface area contributed by atoms with Crippen molar-refractivity contribution >= 4 is 17.3 Å². The number of benzene rings is 1. The van der Waals surface area contributed by atoms with Gasteiger partial charge in [-0.1, -0.05) is 11.6 Å². The van der Waals surface area contributed by atoms with Crippen LogP contribution in [0.25, 0.3) is 0 Å². The van der Waals surface area contributed by atoms with Crippen LogP contribution in [0.15, 0.2) is 18.2 Å². The summed E-state index contributed by atoms with van der Waals surface area (Å²) in [5.41, 5.74) is 0.741. The van der Waals surface area contributed by atoms with Gasteiger partial charge >= 0.3 is 0 Å². The quantitative estimate of drug-likeness (QED) is 0.878. The van der Waals surface area contributed by atoms with Crippen LogP contribution in [0.5, 0.6) is 0 Å². The summed E-state index contributed by atoms with van der Waals surface area (Å²) in [5, 5.41) is 3.30. The molecule has 0 radical (unpaired) electrons. The number of rotatable bonds is 3. The van der Waals surface area contributed by atoms with Gasteiger partial charge in [0.15, 0.2) is 0 Å². The normalized spacial score (nSPS) is 24.7. The molecule has 0 amide bonds. The van der Waals surface area contributed by atoms with E-state index in [9.17, 15) is 4.39 Å². The molecule has 0 spiro atoms. The summed E-state index contributed by atoms with van der Waals surface area (Å²) >= 11 is 5.60. The van der Waals surface area contributed by atoms with Crippen LogP contribution in [0.4, 0.5) is 10.1 Å². The average molecular weight is 244 g/mol. The number of hydrogen-bond donors (Lipinski definition) is 1. The minimum atomic E-state index is -0.396. The van der Waals surface area contributed by atoms with E-state index >= 15 is 0 Å². The Morgan fingerprint density at radius 1 is 1.50 bits per heavy atom. The van der Waals surface area contributed by atoms with E-state index in [2.05, 4.69) is 12.2 Å². The highest BCUT2D eigenvalue weighted by atomic mass is 35.5. The molecule has 0 aromatic heterocycles. The zero-order chi connectivity index (χ0) is 11.5. The first-order valence-corrected chi connectivity index (χ1v) is 5.87. The number of halogens is 2. The summed E-state index contributed by atoms with van der Waals surface area (Å²) in [7, 11) is 0. The fourth-order valence-electron chi connectivity index (χ4n) is 1.87. The maximum Gasteiger partial charge on any atom is 0.143 e. The van der Waals surface area contributed by atoms with Crippen LogP contribution >= 0.6 is 11.6 Å². The Morgan fingerprint density at radius 3 is 2.94 bits per heavy atom. The van der Waals surface area contributed by atoms with Gasteiger partial charge in [0.25, 0.3) is 0 Å². The lowest BCUT2D eigenvalue weighted by molar-refractivity contribution is 0.0637. The van der Waals surface area contributed by atoms with Crippen LogP contribution in [-0.2, 0) is 4.74 Å². The predicted octanol–water partition coefficient (Wildman–Crippen LogP) is 3.46. The minimum absolute atomic E-state index is 0.149. The van der Waals surface area contributed by atoms with Gasteiger partial charge in [0.1, 0.15) is 5.82 Å². The van der Waals surface area contributed by atoms with Crippen LogP contribution in [0, 0.1) is 5.82 Å². The maximum absolute atomic E-state index is 13.1. The summed E-state index contributed by atoms with van der Waals surface area (Å²) in [6.07, 6.45) is 2.73. The second-order valence-corrected chi connectivity index (χ2v) is 4.56. The molecule has 16 heavy (non-hydrogen) atoms. The molecule has 1 N–H and O–H groups in total. The van der Waals surface area contributed by atoms with Crippen LogP contribution in [0.3, 0.4) is 0 Å². The first-order valence-electron chi connectivity index (χ1n) is 5.49. The molecular formula is C12H15ClFNO. The zero-order valence-corrected chi connectivity index (χ0v) is 9.93. The van der Waals surface area contributed by atoms with Crippen molar-refractivity contribution in [3.8, 4) is 0 Å². The average Bonchev–Trinajstić information content (AvgIpc) is 2.66. The van der Waals surface area contributed by atoms with Gasteiger partial charge in [0.2, 0.25) is 0 Å². The van der Waals surface area contributed by atoms with E-state index in [4.69, 9.17) is 16.3 Å². The van der Waals surface area contributed by atoms with Gasteiger partial charge in [-0.25, -0.2) is 4.39 Å².